The van der Waals surface area contributed by atoms with E-state index >= 15 is 0 Å². The number of amides is 1. The standard InChI is InChI=1S/C12H9ClFN3O/c13-11-6-5-8(7-15-11)12(18)17-16-10-4-2-1-3-9(10)14/h1-7,16H,(H,17,18). The number of pyridine rings is 1. The number of anilines is 1. The van der Waals surface area contributed by atoms with E-state index < -0.39 is 11.7 Å². The average molecular weight is 266 g/mol. The molecule has 0 bridgehead atoms. The van der Waals surface area contributed by atoms with E-state index in [4.69, 9.17) is 11.6 Å². The van der Waals surface area contributed by atoms with Gasteiger partial charge in [-0.15, -0.1) is 0 Å². The van der Waals surface area contributed by atoms with Crippen molar-refractivity contribution in [2.45, 2.75) is 0 Å². The number of hydrogen-bond donors (Lipinski definition) is 2. The Morgan fingerprint density at radius 1 is 1.22 bits per heavy atom. The highest BCUT2D eigenvalue weighted by atomic mass is 35.5. The zero-order valence-corrected chi connectivity index (χ0v) is 9.91. The summed E-state index contributed by atoms with van der Waals surface area (Å²) in [4.78, 5) is 15.4. The van der Waals surface area contributed by atoms with Crippen molar-refractivity contribution in [2.24, 2.45) is 0 Å². The molecular weight excluding hydrogens is 257 g/mol. The third kappa shape index (κ3) is 2.95. The van der Waals surface area contributed by atoms with E-state index in [1.807, 2.05) is 0 Å². The summed E-state index contributed by atoms with van der Waals surface area (Å²) in [7, 11) is 0. The second-order valence-electron chi connectivity index (χ2n) is 3.43. The summed E-state index contributed by atoms with van der Waals surface area (Å²) in [6.45, 7) is 0. The normalized spacial score (nSPS) is 9.89. The number of rotatable bonds is 3. The number of nitrogens with one attached hydrogen (secondary N) is 2. The van der Waals surface area contributed by atoms with Gasteiger partial charge in [0.15, 0.2) is 0 Å². The first-order valence-electron chi connectivity index (χ1n) is 5.09. The van der Waals surface area contributed by atoms with Crippen LogP contribution in [0.2, 0.25) is 5.15 Å². The molecule has 0 atom stereocenters. The molecule has 1 aromatic heterocycles. The van der Waals surface area contributed by atoms with Crippen molar-refractivity contribution in [1.82, 2.24) is 10.4 Å². The average Bonchev–Trinajstić information content (AvgIpc) is 2.38. The number of nitrogens with zero attached hydrogens (tertiary/aromatic N) is 1. The van der Waals surface area contributed by atoms with Gasteiger partial charge < -0.3 is 0 Å². The third-order valence-electron chi connectivity index (χ3n) is 2.17. The fourth-order valence-corrected chi connectivity index (χ4v) is 1.38. The Balaban J connectivity index is 2.01. The van der Waals surface area contributed by atoms with E-state index in [0.717, 1.165) is 0 Å². The Bertz CT molecular complexity index is 560. The van der Waals surface area contributed by atoms with Gasteiger partial charge in [0.1, 0.15) is 11.0 Å². The van der Waals surface area contributed by atoms with Crippen LogP contribution in [0.1, 0.15) is 10.4 Å². The zero-order chi connectivity index (χ0) is 13.0. The zero-order valence-electron chi connectivity index (χ0n) is 9.15. The van der Waals surface area contributed by atoms with Crippen LogP contribution in [0.4, 0.5) is 10.1 Å². The van der Waals surface area contributed by atoms with Crippen molar-refractivity contribution in [3.8, 4) is 0 Å². The van der Waals surface area contributed by atoms with Gasteiger partial charge in [-0.25, -0.2) is 9.37 Å². The van der Waals surface area contributed by atoms with Crippen LogP contribution in [0.5, 0.6) is 0 Å². The van der Waals surface area contributed by atoms with Crippen LogP contribution >= 0.6 is 11.6 Å². The van der Waals surface area contributed by atoms with E-state index in [1.54, 1.807) is 12.1 Å². The largest absolute Gasteiger partial charge is 0.295 e. The van der Waals surface area contributed by atoms with Crippen LogP contribution in [-0.4, -0.2) is 10.9 Å². The lowest BCUT2D eigenvalue weighted by atomic mass is 10.3. The minimum absolute atomic E-state index is 0.188. The van der Waals surface area contributed by atoms with E-state index in [2.05, 4.69) is 15.8 Å². The molecule has 2 rings (SSSR count). The summed E-state index contributed by atoms with van der Waals surface area (Å²) in [6, 6.07) is 9.04. The number of hydrazine groups is 1. The molecule has 2 N–H and O–H groups in total. The summed E-state index contributed by atoms with van der Waals surface area (Å²) < 4.78 is 13.3. The number of benzene rings is 1. The summed E-state index contributed by atoms with van der Waals surface area (Å²) >= 11 is 5.60. The SMILES string of the molecule is O=C(NNc1ccccc1F)c1ccc(Cl)nc1. The molecule has 0 aliphatic rings. The molecule has 0 unspecified atom stereocenters. The van der Waals surface area contributed by atoms with Crippen molar-refractivity contribution >= 4 is 23.2 Å². The Hall–Kier alpha value is -2.14. The molecule has 6 heteroatoms. The van der Waals surface area contributed by atoms with Gasteiger partial charge in [0.25, 0.3) is 5.91 Å². The van der Waals surface area contributed by atoms with Gasteiger partial charge in [-0.05, 0) is 24.3 Å². The smallest absolute Gasteiger partial charge is 0.271 e. The first-order valence-corrected chi connectivity index (χ1v) is 5.47. The van der Waals surface area contributed by atoms with Crippen LogP contribution in [0.3, 0.4) is 0 Å². The molecule has 0 spiro atoms. The monoisotopic (exact) mass is 265 g/mol. The van der Waals surface area contributed by atoms with Crippen LogP contribution < -0.4 is 10.9 Å². The van der Waals surface area contributed by atoms with Gasteiger partial charge >= 0.3 is 0 Å². The molecule has 4 nitrogen and oxygen atoms in total. The van der Waals surface area contributed by atoms with Crippen molar-refractivity contribution in [2.75, 3.05) is 5.43 Å². The lowest BCUT2D eigenvalue weighted by Gasteiger charge is -2.08. The second kappa shape index (κ2) is 5.46. The fourth-order valence-electron chi connectivity index (χ4n) is 1.27. The van der Waals surface area contributed by atoms with Gasteiger partial charge in [0.05, 0.1) is 11.3 Å². The van der Waals surface area contributed by atoms with E-state index in [1.165, 1.54) is 30.5 Å². The number of carbonyl (C=O) groups is 1. The molecule has 0 aliphatic heterocycles. The predicted octanol–water partition coefficient (Wildman–Crippen LogP) is 2.63. The molecule has 0 fully saturated rings. The number of hydrogen-bond acceptors (Lipinski definition) is 3. The van der Waals surface area contributed by atoms with E-state index in [0.29, 0.717) is 10.7 Å². The first kappa shape index (κ1) is 12.3. The molecule has 0 aliphatic carbocycles. The molecule has 0 saturated heterocycles. The molecule has 1 amide bonds. The van der Waals surface area contributed by atoms with Crippen LogP contribution in [0.15, 0.2) is 42.6 Å². The van der Waals surface area contributed by atoms with Crippen molar-refractivity contribution < 1.29 is 9.18 Å². The Labute approximate surface area is 108 Å². The van der Waals surface area contributed by atoms with E-state index in [9.17, 15) is 9.18 Å². The predicted molar refractivity (Wildman–Crippen MR) is 66.7 cm³/mol. The first-order chi connectivity index (χ1) is 8.66. The summed E-state index contributed by atoms with van der Waals surface area (Å²) in [5, 5.41) is 0.300. The number of carbonyl (C=O) groups excluding carboxylic acids is 1. The molecule has 2 aromatic rings. The van der Waals surface area contributed by atoms with Crippen molar-refractivity contribution in [3.63, 3.8) is 0 Å². The Morgan fingerprint density at radius 2 is 2.00 bits per heavy atom. The summed E-state index contributed by atoms with van der Waals surface area (Å²) in [6.07, 6.45) is 1.33. The maximum Gasteiger partial charge on any atom is 0.271 e. The van der Waals surface area contributed by atoms with Gasteiger partial charge in [-0.2, -0.15) is 0 Å². The quantitative estimate of drug-likeness (QED) is 0.663. The van der Waals surface area contributed by atoms with Crippen LogP contribution in [0, 0.1) is 5.82 Å². The third-order valence-corrected chi connectivity index (χ3v) is 2.40. The minimum atomic E-state index is -0.452. The summed E-state index contributed by atoms with van der Waals surface area (Å²) in [5.41, 5.74) is 5.36. The second-order valence-corrected chi connectivity index (χ2v) is 3.82. The van der Waals surface area contributed by atoms with Gasteiger partial charge in [-0.3, -0.25) is 15.6 Å². The fraction of sp³-hybridized carbons (Fsp3) is 0. The Morgan fingerprint density at radius 3 is 2.67 bits per heavy atom. The minimum Gasteiger partial charge on any atom is -0.295 e. The van der Waals surface area contributed by atoms with Crippen molar-refractivity contribution in [1.29, 1.82) is 0 Å². The molecule has 1 aromatic carbocycles. The number of halogens is 2. The number of aromatic nitrogens is 1. The number of para-hydroxylation sites is 1. The lowest BCUT2D eigenvalue weighted by Crippen LogP contribution is -2.29. The van der Waals surface area contributed by atoms with Crippen LogP contribution in [0.25, 0.3) is 0 Å². The maximum absolute atomic E-state index is 13.3. The maximum atomic E-state index is 13.3. The van der Waals surface area contributed by atoms with Gasteiger partial charge in [-0.1, -0.05) is 23.7 Å². The highest BCUT2D eigenvalue weighted by molar-refractivity contribution is 6.29. The lowest BCUT2D eigenvalue weighted by molar-refractivity contribution is 0.0962. The highest BCUT2D eigenvalue weighted by Gasteiger charge is 2.06. The molecule has 0 radical (unpaired) electrons. The van der Waals surface area contributed by atoms with Crippen LogP contribution in [-0.2, 0) is 0 Å². The van der Waals surface area contributed by atoms with Gasteiger partial charge in [0.2, 0.25) is 0 Å². The molecule has 0 saturated carbocycles. The molecule has 18 heavy (non-hydrogen) atoms. The van der Waals surface area contributed by atoms with E-state index in [-0.39, 0.29) is 5.69 Å². The topological polar surface area (TPSA) is 54.0 Å². The van der Waals surface area contributed by atoms with Crippen molar-refractivity contribution in [3.05, 3.63) is 59.1 Å². The molecule has 1 heterocycles. The summed E-state index contributed by atoms with van der Waals surface area (Å²) in [5.74, 6) is -0.880. The van der Waals surface area contributed by atoms with Gasteiger partial charge in [0, 0.05) is 6.20 Å². The molecular formula is C12H9ClFN3O. The Kier molecular flexibility index (Phi) is 3.74. The highest BCUT2D eigenvalue weighted by Crippen LogP contribution is 2.11. The molecule has 92 valence electrons.